The van der Waals surface area contributed by atoms with Gasteiger partial charge < -0.3 is 8.85 Å². The van der Waals surface area contributed by atoms with E-state index in [2.05, 4.69) is 79.8 Å². The van der Waals surface area contributed by atoms with Crippen molar-refractivity contribution in [1.29, 1.82) is 0 Å². The Morgan fingerprint density at radius 1 is 1.00 bits per heavy atom. The van der Waals surface area contributed by atoms with Crippen LogP contribution in [0.3, 0.4) is 0 Å². The maximum atomic E-state index is 6.42. The largest absolute Gasteiger partial charge is 0.544 e. The summed E-state index contributed by atoms with van der Waals surface area (Å²) < 4.78 is 12.6. The van der Waals surface area contributed by atoms with Gasteiger partial charge >= 0.3 is 0 Å². The summed E-state index contributed by atoms with van der Waals surface area (Å²) >= 11 is 0. The summed E-state index contributed by atoms with van der Waals surface area (Å²) in [6, 6.07) is 3.54. The molecule has 0 N–H and O–H groups in total. The Hall–Kier alpha value is -0.326. The summed E-state index contributed by atoms with van der Waals surface area (Å²) in [5, 5.41) is 0.281. The van der Waals surface area contributed by atoms with Crippen LogP contribution in [0.4, 0.5) is 0 Å². The third-order valence-electron chi connectivity index (χ3n) is 5.39. The summed E-state index contributed by atoms with van der Waals surface area (Å²) in [6.45, 7) is 21.1. The molecule has 0 aliphatic carbocycles. The minimum absolute atomic E-state index is 0.281. The second-order valence-electron chi connectivity index (χ2n) is 7.84. The van der Waals surface area contributed by atoms with Gasteiger partial charge in [0.1, 0.15) is 0 Å². The minimum atomic E-state index is -1.62. The Balaban J connectivity index is 4.49. The molecule has 0 unspecified atom stereocenters. The van der Waals surface area contributed by atoms with Crippen LogP contribution in [0.1, 0.15) is 54.9 Å². The van der Waals surface area contributed by atoms with Crippen LogP contribution < -0.4 is 0 Å². The van der Waals surface area contributed by atoms with Gasteiger partial charge in [-0.2, -0.15) is 0 Å². The minimum Gasteiger partial charge on any atom is -0.544 e. The summed E-state index contributed by atoms with van der Waals surface area (Å²) in [6.07, 6.45) is 7.38. The number of allylic oxidation sites excluding steroid dienone is 2. The molecule has 0 saturated heterocycles. The molecule has 0 aliphatic rings. The first kappa shape index (κ1) is 22.7. The van der Waals surface area contributed by atoms with Crippen molar-refractivity contribution in [2.45, 2.75) is 91.2 Å². The topological polar surface area (TPSA) is 18.5 Å². The lowest BCUT2D eigenvalue weighted by atomic mass is 10.2. The van der Waals surface area contributed by atoms with E-state index in [4.69, 9.17) is 8.85 Å². The van der Waals surface area contributed by atoms with Gasteiger partial charge in [-0.1, -0.05) is 47.6 Å². The molecule has 0 radical (unpaired) electrons. The standard InChI is InChI=1S/C19H40O2Si2/c1-10-18(21-23(11-2,12-3)13-4)16-14-15-17-20-22(8,9)19(5,6)7/h10,14,16H,11-13,15,17H2,1-9H3/b16-14+,18-10-. The van der Waals surface area contributed by atoms with Gasteiger partial charge in [0.05, 0.1) is 5.76 Å². The van der Waals surface area contributed by atoms with Crippen LogP contribution in [0.5, 0.6) is 0 Å². The molecular weight excluding hydrogens is 316 g/mol. The van der Waals surface area contributed by atoms with E-state index in [1.165, 1.54) is 18.1 Å². The van der Waals surface area contributed by atoms with Gasteiger partial charge in [-0.05, 0) is 61.8 Å². The Bertz CT molecular complexity index is 380. The van der Waals surface area contributed by atoms with Crippen molar-refractivity contribution in [1.82, 2.24) is 0 Å². The first-order valence-electron chi connectivity index (χ1n) is 9.23. The Morgan fingerprint density at radius 3 is 1.91 bits per heavy atom. The van der Waals surface area contributed by atoms with Crippen LogP contribution in [-0.4, -0.2) is 23.2 Å². The molecule has 0 fully saturated rings. The third kappa shape index (κ3) is 7.40. The van der Waals surface area contributed by atoms with Gasteiger partial charge in [0.15, 0.2) is 8.32 Å². The van der Waals surface area contributed by atoms with Crippen molar-refractivity contribution >= 4 is 16.6 Å². The van der Waals surface area contributed by atoms with Crippen LogP contribution >= 0.6 is 0 Å². The molecule has 0 amide bonds. The Morgan fingerprint density at radius 2 is 1.52 bits per heavy atom. The molecule has 0 aromatic rings. The predicted molar refractivity (Wildman–Crippen MR) is 109 cm³/mol. The van der Waals surface area contributed by atoms with Crippen molar-refractivity contribution in [3.05, 3.63) is 24.0 Å². The fourth-order valence-electron chi connectivity index (χ4n) is 2.20. The van der Waals surface area contributed by atoms with Gasteiger partial charge in [-0.3, -0.25) is 0 Å². The SMILES string of the molecule is C/C=C(/C=C/CCO[Si](C)(C)C(C)(C)C)O[Si](CC)(CC)CC. The number of hydrogen-bond acceptors (Lipinski definition) is 2. The quantitative estimate of drug-likeness (QED) is 0.184. The molecule has 23 heavy (non-hydrogen) atoms. The maximum absolute atomic E-state index is 6.42. The number of hydrogen-bond donors (Lipinski definition) is 0. The second kappa shape index (κ2) is 9.85. The molecule has 0 aromatic carbocycles. The normalized spacial score (nSPS) is 14.6. The highest BCUT2D eigenvalue weighted by molar-refractivity contribution is 6.74. The van der Waals surface area contributed by atoms with E-state index >= 15 is 0 Å². The van der Waals surface area contributed by atoms with Crippen molar-refractivity contribution in [3.63, 3.8) is 0 Å². The lowest BCUT2D eigenvalue weighted by molar-refractivity contribution is 0.294. The molecule has 0 bridgehead atoms. The molecule has 4 heteroatoms. The maximum Gasteiger partial charge on any atom is 0.250 e. The van der Waals surface area contributed by atoms with E-state index in [1.54, 1.807) is 0 Å². The van der Waals surface area contributed by atoms with Gasteiger partial charge in [0.25, 0.3) is 0 Å². The highest BCUT2D eigenvalue weighted by Gasteiger charge is 2.36. The molecule has 0 heterocycles. The molecule has 0 rings (SSSR count). The van der Waals surface area contributed by atoms with E-state index < -0.39 is 16.6 Å². The smallest absolute Gasteiger partial charge is 0.250 e. The van der Waals surface area contributed by atoms with Crippen LogP contribution in [0.15, 0.2) is 24.0 Å². The molecule has 0 aromatic heterocycles. The molecule has 0 spiro atoms. The first-order chi connectivity index (χ1) is 10.6. The summed E-state index contributed by atoms with van der Waals surface area (Å²) in [7, 11) is -3.19. The van der Waals surface area contributed by atoms with Gasteiger partial charge in [0, 0.05) is 6.61 Å². The van der Waals surface area contributed by atoms with Crippen LogP contribution in [-0.2, 0) is 8.85 Å². The van der Waals surface area contributed by atoms with Crippen molar-refractivity contribution in [3.8, 4) is 0 Å². The van der Waals surface area contributed by atoms with Gasteiger partial charge in [-0.25, -0.2) is 0 Å². The fraction of sp³-hybridized carbons (Fsp3) is 0.789. The fourth-order valence-corrected chi connectivity index (χ4v) is 5.88. The first-order valence-corrected chi connectivity index (χ1v) is 14.7. The van der Waals surface area contributed by atoms with E-state index in [-0.39, 0.29) is 5.04 Å². The zero-order valence-corrected chi connectivity index (χ0v) is 19.1. The zero-order chi connectivity index (χ0) is 18.1. The van der Waals surface area contributed by atoms with Crippen molar-refractivity contribution in [2.24, 2.45) is 0 Å². The lowest BCUT2D eigenvalue weighted by Crippen LogP contribution is -2.40. The van der Waals surface area contributed by atoms with E-state index in [9.17, 15) is 0 Å². The Kier molecular flexibility index (Phi) is 9.71. The second-order valence-corrected chi connectivity index (χ2v) is 17.3. The van der Waals surface area contributed by atoms with E-state index in [1.807, 2.05) is 0 Å². The molecule has 0 aliphatic heterocycles. The molecule has 2 nitrogen and oxygen atoms in total. The average Bonchev–Trinajstić information content (AvgIpc) is 2.49. The molecule has 0 saturated carbocycles. The van der Waals surface area contributed by atoms with E-state index in [0.717, 1.165) is 18.8 Å². The number of rotatable bonds is 10. The highest BCUT2D eigenvalue weighted by Crippen LogP contribution is 2.36. The summed E-state index contributed by atoms with van der Waals surface area (Å²) in [5.74, 6) is 1.04. The van der Waals surface area contributed by atoms with Gasteiger partial charge in [0.2, 0.25) is 8.32 Å². The molecule has 136 valence electrons. The Labute approximate surface area is 147 Å². The van der Waals surface area contributed by atoms with Crippen LogP contribution in [0, 0.1) is 0 Å². The van der Waals surface area contributed by atoms with Crippen LogP contribution in [0.25, 0.3) is 0 Å². The predicted octanol–water partition coefficient (Wildman–Crippen LogP) is 6.88. The zero-order valence-electron chi connectivity index (χ0n) is 17.1. The highest BCUT2D eigenvalue weighted by atomic mass is 28.4. The van der Waals surface area contributed by atoms with E-state index in [0.29, 0.717) is 0 Å². The lowest BCUT2D eigenvalue weighted by Gasteiger charge is -2.36. The molecule has 0 atom stereocenters. The van der Waals surface area contributed by atoms with Crippen LogP contribution in [0.2, 0.25) is 36.3 Å². The van der Waals surface area contributed by atoms with Gasteiger partial charge in [-0.15, -0.1) is 0 Å². The summed E-state index contributed by atoms with van der Waals surface area (Å²) in [4.78, 5) is 0. The van der Waals surface area contributed by atoms with Crippen molar-refractivity contribution < 1.29 is 8.85 Å². The third-order valence-corrected chi connectivity index (χ3v) is 14.5. The molecular formula is C19H40O2Si2. The average molecular weight is 357 g/mol. The summed E-state index contributed by atoms with van der Waals surface area (Å²) in [5.41, 5.74) is 0. The van der Waals surface area contributed by atoms with Crippen molar-refractivity contribution in [2.75, 3.05) is 6.61 Å². The monoisotopic (exact) mass is 356 g/mol.